The highest BCUT2D eigenvalue weighted by Crippen LogP contribution is 2.19. The van der Waals surface area contributed by atoms with Gasteiger partial charge in [0.1, 0.15) is 12.4 Å². The first kappa shape index (κ1) is 11.3. The van der Waals surface area contributed by atoms with E-state index in [9.17, 15) is 0 Å². The topological polar surface area (TPSA) is 47.0 Å². The molecule has 0 spiro atoms. The van der Waals surface area contributed by atoms with E-state index in [4.69, 9.17) is 4.74 Å². The van der Waals surface area contributed by atoms with Crippen molar-refractivity contribution >= 4 is 32.4 Å². The molecule has 0 bridgehead atoms. The molecule has 0 atom stereocenters. The monoisotopic (exact) mass is 299 g/mol. The molecule has 1 N–H and O–H groups in total. The summed E-state index contributed by atoms with van der Waals surface area (Å²) in [4.78, 5) is 0. The summed E-state index contributed by atoms with van der Waals surface area (Å²) < 4.78 is 6.60. The third-order valence-electron chi connectivity index (χ3n) is 1.86. The zero-order valence-corrected chi connectivity index (χ0v) is 11.0. The minimum Gasteiger partial charge on any atom is -0.486 e. The van der Waals surface area contributed by atoms with Gasteiger partial charge in [-0.05, 0) is 24.3 Å². The van der Waals surface area contributed by atoms with Crippen molar-refractivity contribution in [1.29, 1.82) is 0 Å². The predicted octanol–water partition coefficient (Wildman–Crippen LogP) is 2.92. The molecule has 4 nitrogen and oxygen atoms in total. The van der Waals surface area contributed by atoms with Crippen LogP contribution >= 0.6 is 27.3 Å². The van der Waals surface area contributed by atoms with Crippen LogP contribution in [0.2, 0.25) is 0 Å². The van der Waals surface area contributed by atoms with Crippen LogP contribution in [0.3, 0.4) is 0 Å². The first-order valence-corrected chi connectivity index (χ1v) is 6.27. The average molecular weight is 300 g/mol. The summed E-state index contributed by atoms with van der Waals surface area (Å²) in [6.07, 6.45) is 0. The van der Waals surface area contributed by atoms with Crippen molar-refractivity contribution in [3.05, 3.63) is 33.7 Å². The minimum absolute atomic E-state index is 0.445. The fourth-order valence-corrected chi connectivity index (χ4v) is 1.96. The number of hydrogen-bond acceptors (Lipinski definition) is 5. The van der Waals surface area contributed by atoms with Crippen LogP contribution in [0.25, 0.3) is 0 Å². The Morgan fingerprint density at radius 2 is 2.06 bits per heavy atom. The number of nitrogens with one attached hydrogen (secondary N) is 1. The number of nitrogens with zero attached hydrogens (tertiary/aromatic N) is 2. The molecule has 0 radical (unpaired) electrons. The first-order chi connectivity index (χ1) is 7.78. The average Bonchev–Trinajstić information content (AvgIpc) is 2.76. The lowest BCUT2D eigenvalue weighted by molar-refractivity contribution is 0.304. The second-order valence-corrected chi connectivity index (χ2v) is 4.97. The molecule has 16 heavy (non-hydrogen) atoms. The minimum atomic E-state index is 0.445. The van der Waals surface area contributed by atoms with E-state index in [0.29, 0.717) is 6.61 Å². The standard InChI is InChI=1S/C10H10BrN3OS/c1-12-10-14-13-9(16-10)6-15-8-4-2-7(11)3-5-8/h2-5H,6H2,1H3,(H,12,14). The van der Waals surface area contributed by atoms with Crippen molar-refractivity contribution < 1.29 is 4.74 Å². The normalized spacial score (nSPS) is 10.1. The van der Waals surface area contributed by atoms with Crippen molar-refractivity contribution in [2.75, 3.05) is 12.4 Å². The third-order valence-corrected chi connectivity index (χ3v) is 3.30. The number of anilines is 1. The summed E-state index contributed by atoms with van der Waals surface area (Å²) in [7, 11) is 1.82. The van der Waals surface area contributed by atoms with Gasteiger partial charge in [-0.25, -0.2) is 0 Å². The van der Waals surface area contributed by atoms with E-state index in [1.807, 2.05) is 31.3 Å². The van der Waals surface area contributed by atoms with Crippen LogP contribution in [0.5, 0.6) is 5.75 Å². The number of aromatic nitrogens is 2. The highest BCUT2D eigenvalue weighted by atomic mass is 79.9. The van der Waals surface area contributed by atoms with Gasteiger partial charge in [-0.2, -0.15) is 0 Å². The van der Waals surface area contributed by atoms with Crippen LogP contribution in [0.15, 0.2) is 28.7 Å². The Bertz CT molecular complexity index is 457. The van der Waals surface area contributed by atoms with Crippen molar-refractivity contribution in [2.24, 2.45) is 0 Å². The molecule has 2 rings (SSSR count). The van der Waals surface area contributed by atoms with Crippen LogP contribution in [0.4, 0.5) is 5.13 Å². The highest BCUT2D eigenvalue weighted by molar-refractivity contribution is 9.10. The van der Waals surface area contributed by atoms with Gasteiger partial charge in [-0.1, -0.05) is 27.3 Å². The third kappa shape index (κ3) is 2.93. The Hall–Kier alpha value is -1.14. The van der Waals surface area contributed by atoms with Gasteiger partial charge in [0.15, 0.2) is 5.01 Å². The van der Waals surface area contributed by atoms with Crippen molar-refractivity contribution in [1.82, 2.24) is 10.2 Å². The zero-order valence-electron chi connectivity index (χ0n) is 8.61. The molecule has 6 heteroatoms. The molecule has 0 aliphatic heterocycles. The molecule has 0 unspecified atom stereocenters. The SMILES string of the molecule is CNc1nnc(COc2ccc(Br)cc2)s1. The number of rotatable bonds is 4. The first-order valence-electron chi connectivity index (χ1n) is 4.66. The Morgan fingerprint density at radius 3 is 2.69 bits per heavy atom. The number of ether oxygens (including phenoxy) is 1. The second kappa shape index (κ2) is 5.27. The van der Waals surface area contributed by atoms with E-state index in [2.05, 4.69) is 31.4 Å². The second-order valence-electron chi connectivity index (χ2n) is 2.99. The van der Waals surface area contributed by atoms with Crippen LogP contribution in [-0.4, -0.2) is 17.2 Å². The van der Waals surface area contributed by atoms with Gasteiger partial charge < -0.3 is 10.1 Å². The lowest BCUT2D eigenvalue weighted by Crippen LogP contribution is -1.94. The van der Waals surface area contributed by atoms with E-state index in [1.54, 1.807) is 0 Å². The van der Waals surface area contributed by atoms with E-state index in [0.717, 1.165) is 20.4 Å². The highest BCUT2D eigenvalue weighted by Gasteiger charge is 2.03. The Balaban J connectivity index is 1.94. The molecule has 0 aliphatic carbocycles. The number of benzene rings is 1. The van der Waals surface area contributed by atoms with E-state index in [1.165, 1.54) is 11.3 Å². The summed E-state index contributed by atoms with van der Waals surface area (Å²) in [6.45, 7) is 0.445. The summed E-state index contributed by atoms with van der Waals surface area (Å²) in [5.74, 6) is 0.824. The van der Waals surface area contributed by atoms with Crippen LogP contribution in [0, 0.1) is 0 Å². The van der Waals surface area contributed by atoms with Crippen molar-refractivity contribution in [2.45, 2.75) is 6.61 Å². The number of halogens is 1. The van der Waals surface area contributed by atoms with Gasteiger partial charge in [0, 0.05) is 11.5 Å². The molecule has 84 valence electrons. The van der Waals surface area contributed by atoms with Crippen molar-refractivity contribution in [3.8, 4) is 5.75 Å². The molecule has 0 saturated heterocycles. The van der Waals surface area contributed by atoms with Crippen LogP contribution in [0.1, 0.15) is 5.01 Å². The van der Waals surface area contributed by atoms with Gasteiger partial charge in [-0.15, -0.1) is 10.2 Å². The summed E-state index contributed by atoms with van der Waals surface area (Å²) in [5.41, 5.74) is 0. The number of hydrogen-bond donors (Lipinski definition) is 1. The lowest BCUT2D eigenvalue weighted by atomic mass is 10.3. The van der Waals surface area contributed by atoms with Crippen molar-refractivity contribution in [3.63, 3.8) is 0 Å². The predicted molar refractivity (Wildman–Crippen MR) is 67.9 cm³/mol. The van der Waals surface area contributed by atoms with Gasteiger partial charge in [0.2, 0.25) is 5.13 Å². The molecule has 0 saturated carbocycles. The summed E-state index contributed by atoms with van der Waals surface area (Å²) >= 11 is 4.86. The van der Waals surface area contributed by atoms with Gasteiger partial charge in [0.25, 0.3) is 0 Å². The van der Waals surface area contributed by atoms with Crippen LogP contribution in [-0.2, 0) is 6.61 Å². The summed E-state index contributed by atoms with van der Waals surface area (Å²) in [6, 6.07) is 7.69. The lowest BCUT2D eigenvalue weighted by Gasteiger charge is -2.02. The largest absolute Gasteiger partial charge is 0.486 e. The van der Waals surface area contributed by atoms with Gasteiger partial charge >= 0.3 is 0 Å². The Morgan fingerprint density at radius 1 is 1.31 bits per heavy atom. The van der Waals surface area contributed by atoms with Crippen LogP contribution < -0.4 is 10.1 Å². The Kier molecular flexibility index (Phi) is 3.74. The molecular weight excluding hydrogens is 290 g/mol. The van der Waals surface area contributed by atoms with Gasteiger partial charge in [-0.3, -0.25) is 0 Å². The quantitative estimate of drug-likeness (QED) is 0.943. The van der Waals surface area contributed by atoms with E-state index < -0.39 is 0 Å². The zero-order chi connectivity index (χ0) is 11.4. The van der Waals surface area contributed by atoms with E-state index >= 15 is 0 Å². The molecule has 0 amide bonds. The molecule has 0 aliphatic rings. The molecule has 1 aromatic carbocycles. The van der Waals surface area contributed by atoms with Gasteiger partial charge in [0.05, 0.1) is 0 Å². The fraction of sp³-hybridized carbons (Fsp3) is 0.200. The fourth-order valence-electron chi connectivity index (χ4n) is 1.09. The maximum Gasteiger partial charge on any atom is 0.205 e. The van der Waals surface area contributed by atoms with E-state index in [-0.39, 0.29) is 0 Å². The summed E-state index contributed by atoms with van der Waals surface area (Å²) in [5, 5.41) is 12.5. The molecule has 0 fully saturated rings. The molecule has 2 aromatic rings. The Labute approximate surface area is 106 Å². The maximum atomic E-state index is 5.56. The maximum absolute atomic E-state index is 5.56. The smallest absolute Gasteiger partial charge is 0.205 e. The molecular formula is C10H10BrN3OS. The molecule has 1 heterocycles. The molecule has 1 aromatic heterocycles.